The van der Waals surface area contributed by atoms with E-state index in [1.807, 2.05) is 6.92 Å². The molecule has 0 aromatic carbocycles. The van der Waals surface area contributed by atoms with E-state index in [4.69, 9.17) is 10.5 Å². The van der Waals surface area contributed by atoms with Crippen LogP contribution in [0.2, 0.25) is 0 Å². The molecule has 0 saturated heterocycles. The second kappa shape index (κ2) is 5.22. The Kier molecular flexibility index (Phi) is 4.22. The van der Waals surface area contributed by atoms with Crippen LogP contribution in [-0.2, 0) is 9.53 Å². The van der Waals surface area contributed by atoms with E-state index in [2.05, 4.69) is 0 Å². The van der Waals surface area contributed by atoms with Gasteiger partial charge in [0.25, 0.3) is 0 Å². The first-order valence-corrected chi connectivity index (χ1v) is 5.16. The summed E-state index contributed by atoms with van der Waals surface area (Å²) < 4.78 is 5.37. The Labute approximate surface area is 79.6 Å². The first-order chi connectivity index (χ1) is 6.25. The van der Waals surface area contributed by atoms with Crippen molar-refractivity contribution in [3.05, 3.63) is 0 Å². The Hall–Kier alpha value is -0.570. The lowest BCUT2D eigenvalue weighted by Crippen LogP contribution is -2.38. The molecule has 0 spiro atoms. The molecular formula is C10H19NO2. The molecule has 3 nitrogen and oxygen atoms in total. The van der Waals surface area contributed by atoms with E-state index < -0.39 is 0 Å². The lowest BCUT2D eigenvalue weighted by molar-refractivity contribution is -0.133. The van der Waals surface area contributed by atoms with Crippen LogP contribution in [0.25, 0.3) is 0 Å². The van der Waals surface area contributed by atoms with Gasteiger partial charge >= 0.3 is 0 Å². The first-order valence-electron chi connectivity index (χ1n) is 5.16. The standard InChI is InChI=1S/C10H19NO2/c1-2-13-9(10(11)12)8-6-4-3-5-7-8/h8-9H,2-7H2,1H3,(H2,11,12). The van der Waals surface area contributed by atoms with Crippen molar-refractivity contribution in [2.24, 2.45) is 11.7 Å². The molecular weight excluding hydrogens is 166 g/mol. The molecule has 13 heavy (non-hydrogen) atoms. The average molecular weight is 185 g/mol. The van der Waals surface area contributed by atoms with E-state index in [0.29, 0.717) is 12.5 Å². The van der Waals surface area contributed by atoms with Crippen molar-refractivity contribution in [2.75, 3.05) is 6.61 Å². The van der Waals surface area contributed by atoms with Crippen molar-refractivity contribution < 1.29 is 9.53 Å². The fourth-order valence-corrected chi connectivity index (χ4v) is 2.07. The van der Waals surface area contributed by atoms with E-state index in [0.717, 1.165) is 12.8 Å². The summed E-state index contributed by atoms with van der Waals surface area (Å²) in [7, 11) is 0. The summed E-state index contributed by atoms with van der Waals surface area (Å²) in [6.07, 6.45) is 5.54. The van der Waals surface area contributed by atoms with Gasteiger partial charge in [0.2, 0.25) is 5.91 Å². The molecule has 0 heterocycles. The van der Waals surface area contributed by atoms with Crippen LogP contribution < -0.4 is 5.73 Å². The third-order valence-corrected chi connectivity index (χ3v) is 2.70. The summed E-state index contributed by atoms with van der Waals surface area (Å²) in [6, 6.07) is 0. The molecule has 1 rings (SSSR count). The molecule has 1 aliphatic carbocycles. The Balaban J connectivity index is 2.46. The van der Waals surface area contributed by atoms with Crippen LogP contribution in [0.4, 0.5) is 0 Å². The molecule has 1 saturated carbocycles. The maximum atomic E-state index is 11.1. The Morgan fingerprint density at radius 3 is 2.54 bits per heavy atom. The van der Waals surface area contributed by atoms with Crippen LogP contribution >= 0.6 is 0 Å². The maximum absolute atomic E-state index is 11.1. The van der Waals surface area contributed by atoms with Crippen molar-refractivity contribution in [1.29, 1.82) is 0 Å². The van der Waals surface area contributed by atoms with Gasteiger partial charge in [-0.3, -0.25) is 4.79 Å². The zero-order chi connectivity index (χ0) is 9.68. The van der Waals surface area contributed by atoms with E-state index >= 15 is 0 Å². The monoisotopic (exact) mass is 185 g/mol. The Morgan fingerprint density at radius 2 is 2.08 bits per heavy atom. The van der Waals surface area contributed by atoms with E-state index in [-0.39, 0.29) is 12.0 Å². The highest BCUT2D eigenvalue weighted by Gasteiger charge is 2.27. The van der Waals surface area contributed by atoms with Gasteiger partial charge in [-0.1, -0.05) is 19.3 Å². The van der Waals surface area contributed by atoms with Crippen molar-refractivity contribution in [3.8, 4) is 0 Å². The fourth-order valence-electron chi connectivity index (χ4n) is 2.07. The van der Waals surface area contributed by atoms with Crippen molar-refractivity contribution >= 4 is 5.91 Å². The highest BCUT2D eigenvalue weighted by atomic mass is 16.5. The number of carbonyl (C=O) groups is 1. The molecule has 0 aromatic heterocycles. The molecule has 1 fully saturated rings. The van der Waals surface area contributed by atoms with Gasteiger partial charge in [-0.25, -0.2) is 0 Å². The SMILES string of the molecule is CCOC(C(N)=O)C1CCCCC1. The van der Waals surface area contributed by atoms with E-state index in [1.165, 1.54) is 19.3 Å². The normalized spacial score (nSPS) is 21.3. The number of amides is 1. The highest BCUT2D eigenvalue weighted by molar-refractivity contribution is 5.79. The molecule has 0 aliphatic heterocycles. The molecule has 3 heteroatoms. The predicted octanol–water partition coefficient (Wildman–Crippen LogP) is 1.46. The minimum atomic E-state index is -0.342. The van der Waals surface area contributed by atoms with Crippen molar-refractivity contribution in [1.82, 2.24) is 0 Å². The van der Waals surface area contributed by atoms with E-state index in [1.54, 1.807) is 0 Å². The smallest absolute Gasteiger partial charge is 0.246 e. The molecule has 2 N–H and O–H groups in total. The summed E-state index contributed by atoms with van der Waals surface area (Å²) in [6.45, 7) is 2.48. The van der Waals surface area contributed by atoms with Crippen LogP contribution in [-0.4, -0.2) is 18.6 Å². The summed E-state index contributed by atoms with van der Waals surface area (Å²) in [4.78, 5) is 11.1. The van der Waals surface area contributed by atoms with Crippen molar-refractivity contribution in [2.45, 2.75) is 45.1 Å². The number of hydrogen-bond acceptors (Lipinski definition) is 2. The van der Waals surface area contributed by atoms with Gasteiger partial charge in [0.15, 0.2) is 0 Å². The van der Waals surface area contributed by atoms with Gasteiger partial charge in [0, 0.05) is 6.61 Å². The third-order valence-electron chi connectivity index (χ3n) is 2.70. The summed E-state index contributed by atoms with van der Waals surface area (Å²) in [5.74, 6) is 0.0694. The van der Waals surface area contributed by atoms with Gasteiger partial charge in [0.05, 0.1) is 0 Å². The summed E-state index contributed by atoms with van der Waals surface area (Å²) >= 11 is 0. The molecule has 0 bridgehead atoms. The minimum Gasteiger partial charge on any atom is -0.368 e. The quantitative estimate of drug-likeness (QED) is 0.720. The number of carbonyl (C=O) groups excluding carboxylic acids is 1. The topological polar surface area (TPSA) is 52.3 Å². The van der Waals surface area contributed by atoms with Gasteiger partial charge in [-0.15, -0.1) is 0 Å². The molecule has 1 amide bonds. The second-order valence-corrected chi connectivity index (χ2v) is 3.68. The average Bonchev–Trinajstić information content (AvgIpc) is 2.15. The maximum Gasteiger partial charge on any atom is 0.246 e. The number of primary amides is 1. The molecule has 1 unspecified atom stereocenters. The van der Waals surface area contributed by atoms with Gasteiger partial charge < -0.3 is 10.5 Å². The molecule has 0 aromatic rings. The predicted molar refractivity (Wildman–Crippen MR) is 51.2 cm³/mol. The van der Waals surface area contributed by atoms with Crippen LogP contribution in [0.15, 0.2) is 0 Å². The molecule has 1 atom stereocenters. The zero-order valence-electron chi connectivity index (χ0n) is 8.29. The fraction of sp³-hybridized carbons (Fsp3) is 0.900. The van der Waals surface area contributed by atoms with Gasteiger partial charge in [-0.2, -0.15) is 0 Å². The Bertz CT molecular complexity index is 164. The van der Waals surface area contributed by atoms with Crippen LogP contribution in [0, 0.1) is 5.92 Å². The van der Waals surface area contributed by atoms with E-state index in [9.17, 15) is 4.79 Å². The lowest BCUT2D eigenvalue weighted by Gasteiger charge is -2.27. The second-order valence-electron chi connectivity index (χ2n) is 3.68. The molecule has 76 valence electrons. The first kappa shape index (κ1) is 10.5. The summed E-state index contributed by atoms with van der Waals surface area (Å²) in [5, 5.41) is 0. The van der Waals surface area contributed by atoms with Crippen LogP contribution in [0.3, 0.4) is 0 Å². The van der Waals surface area contributed by atoms with Crippen LogP contribution in [0.5, 0.6) is 0 Å². The Morgan fingerprint density at radius 1 is 1.46 bits per heavy atom. The summed E-state index contributed by atoms with van der Waals surface area (Å²) in [5.41, 5.74) is 5.29. The third kappa shape index (κ3) is 2.99. The largest absolute Gasteiger partial charge is 0.368 e. The molecule has 1 aliphatic rings. The van der Waals surface area contributed by atoms with Gasteiger partial charge in [-0.05, 0) is 25.7 Å². The van der Waals surface area contributed by atoms with Gasteiger partial charge in [0.1, 0.15) is 6.10 Å². The number of rotatable bonds is 4. The minimum absolute atomic E-state index is 0.297. The van der Waals surface area contributed by atoms with Crippen LogP contribution in [0.1, 0.15) is 39.0 Å². The number of ether oxygens (including phenoxy) is 1. The highest BCUT2D eigenvalue weighted by Crippen LogP contribution is 2.27. The molecule has 0 radical (unpaired) electrons. The van der Waals surface area contributed by atoms with Crippen molar-refractivity contribution in [3.63, 3.8) is 0 Å². The zero-order valence-corrected chi connectivity index (χ0v) is 8.29. The number of hydrogen-bond donors (Lipinski definition) is 1. The lowest BCUT2D eigenvalue weighted by atomic mass is 9.85. The number of nitrogens with two attached hydrogens (primary N) is 1.